The maximum Gasteiger partial charge on any atom is 0.123 e. The van der Waals surface area contributed by atoms with Crippen LogP contribution in [0.2, 0.25) is 5.02 Å². The van der Waals surface area contributed by atoms with Gasteiger partial charge in [0.05, 0.1) is 6.61 Å². The van der Waals surface area contributed by atoms with E-state index in [0.29, 0.717) is 6.04 Å². The Morgan fingerprint density at radius 3 is 2.84 bits per heavy atom. The van der Waals surface area contributed by atoms with Crippen molar-refractivity contribution in [1.82, 2.24) is 5.32 Å². The van der Waals surface area contributed by atoms with Crippen LogP contribution in [0, 0.1) is 0 Å². The summed E-state index contributed by atoms with van der Waals surface area (Å²) >= 11 is 8.00. The van der Waals surface area contributed by atoms with E-state index < -0.39 is 0 Å². The second-order valence-electron chi connectivity index (χ2n) is 4.69. The number of thioether (sulfide) groups is 1. The van der Waals surface area contributed by atoms with E-state index >= 15 is 0 Å². The van der Waals surface area contributed by atoms with E-state index in [2.05, 4.69) is 26.1 Å². The standard InChI is InChI=1S/C15H24ClNOS/c1-4-19-9-5-8-18-15-7-6-14(16)10-13(15)11-17-12(2)3/h6-7,10,12,17H,4-5,8-9,11H2,1-3H3. The van der Waals surface area contributed by atoms with Gasteiger partial charge in [-0.1, -0.05) is 32.4 Å². The second-order valence-corrected chi connectivity index (χ2v) is 6.52. The molecule has 108 valence electrons. The monoisotopic (exact) mass is 301 g/mol. The minimum absolute atomic E-state index is 0.452. The first-order chi connectivity index (χ1) is 9.13. The zero-order valence-corrected chi connectivity index (χ0v) is 13.6. The highest BCUT2D eigenvalue weighted by molar-refractivity contribution is 7.99. The minimum Gasteiger partial charge on any atom is -0.493 e. The molecule has 1 rings (SSSR count). The van der Waals surface area contributed by atoms with Gasteiger partial charge in [-0.2, -0.15) is 11.8 Å². The molecule has 0 heterocycles. The lowest BCUT2D eigenvalue weighted by Gasteiger charge is -2.14. The fourth-order valence-corrected chi connectivity index (χ4v) is 2.43. The van der Waals surface area contributed by atoms with Crippen LogP contribution in [0.4, 0.5) is 0 Å². The highest BCUT2D eigenvalue weighted by Crippen LogP contribution is 2.23. The van der Waals surface area contributed by atoms with E-state index in [0.717, 1.165) is 41.7 Å². The van der Waals surface area contributed by atoms with E-state index in [4.69, 9.17) is 16.3 Å². The van der Waals surface area contributed by atoms with Gasteiger partial charge in [-0.3, -0.25) is 0 Å². The number of hydrogen-bond donors (Lipinski definition) is 1. The van der Waals surface area contributed by atoms with Crippen LogP contribution in [0.5, 0.6) is 5.75 Å². The Balaban J connectivity index is 2.50. The van der Waals surface area contributed by atoms with Crippen molar-refractivity contribution in [2.45, 2.75) is 39.8 Å². The quantitative estimate of drug-likeness (QED) is 0.685. The molecule has 0 atom stereocenters. The van der Waals surface area contributed by atoms with Gasteiger partial charge in [-0.25, -0.2) is 0 Å². The molecule has 1 aromatic rings. The summed E-state index contributed by atoms with van der Waals surface area (Å²) in [5, 5.41) is 4.16. The van der Waals surface area contributed by atoms with Crippen molar-refractivity contribution >= 4 is 23.4 Å². The van der Waals surface area contributed by atoms with Crippen LogP contribution < -0.4 is 10.1 Å². The highest BCUT2D eigenvalue weighted by atomic mass is 35.5. The predicted octanol–water partition coefficient (Wildman–Crippen LogP) is 4.36. The summed E-state index contributed by atoms with van der Waals surface area (Å²) in [5.74, 6) is 3.27. The van der Waals surface area contributed by atoms with Crippen LogP contribution in [0.25, 0.3) is 0 Å². The SMILES string of the molecule is CCSCCCOc1ccc(Cl)cc1CNC(C)C. The Labute approximate surface area is 126 Å². The molecule has 0 saturated heterocycles. The molecule has 0 aliphatic carbocycles. The number of rotatable bonds is 9. The third kappa shape index (κ3) is 7.09. The van der Waals surface area contributed by atoms with E-state index in [9.17, 15) is 0 Å². The summed E-state index contributed by atoms with van der Waals surface area (Å²) in [7, 11) is 0. The van der Waals surface area contributed by atoms with Crippen molar-refractivity contribution < 1.29 is 4.74 Å². The van der Waals surface area contributed by atoms with Crippen LogP contribution in [0.15, 0.2) is 18.2 Å². The van der Waals surface area contributed by atoms with Gasteiger partial charge in [-0.15, -0.1) is 0 Å². The Hall–Kier alpha value is -0.380. The van der Waals surface area contributed by atoms with Gasteiger partial charge in [0.2, 0.25) is 0 Å². The van der Waals surface area contributed by atoms with Crippen LogP contribution in [-0.4, -0.2) is 24.2 Å². The molecule has 0 saturated carbocycles. The highest BCUT2D eigenvalue weighted by Gasteiger charge is 2.05. The van der Waals surface area contributed by atoms with Crippen molar-refractivity contribution in [2.75, 3.05) is 18.1 Å². The van der Waals surface area contributed by atoms with Gasteiger partial charge in [0.15, 0.2) is 0 Å². The Bertz CT molecular complexity index is 371. The number of nitrogens with one attached hydrogen (secondary N) is 1. The molecule has 4 heteroatoms. The zero-order valence-electron chi connectivity index (χ0n) is 12.0. The molecule has 0 spiro atoms. The summed E-state index contributed by atoms with van der Waals surface area (Å²) in [4.78, 5) is 0. The molecule has 19 heavy (non-hydrogen) atoms. The molecule has 0 unspecified atom stereocenters. The van der Waals surface area contributed by atoms with Crippen molar-refractivity contribution in [3.8, 4) is 5.75 Å². The lowest BCUT2D eigenvalue weighted by atomic mass is 10.2. The number of benzene rings is 1. The summed E-state index contributed by atoms with van der Waals surface area (Å²) in [5.41, 5.74) is 1.13. The average molecular weight is 302 g/mol. The van der Waals surface area contributed by atoms with Crippen LogP contribution in [0.3, 0.4) is 0 Å². The summed E-state index contributed by atoms with van der Waals surface area (Å²) in [6.45, 7) is 8.00. The maximum atomic E-state index is 6.05. The van der Waals surface area contributed by atoms with E-state index in [1.165, 1.54) is 5.75 Å². The normalized spacial score (nSPS) is 11.0. The topological polar surface area (TPSA) is 21.3 Å². The van der Waals surface area contributed by atoms with Gasteiger partial charge in [0.25, 0.3) is 0 Å². The number of halogens is 1. The van der Waals surface area contributed by atoms with Crippen molar-refractivity contribution in [3.05, 3.63) is 28.8 Å². The largest absolute Gasteiger partial charge is 0.493 e. The minimum atomic E-state index is 0.452. The first kappa shape index (κ1) is 16.7. The average Bonchev–Trinajstić information content (AvgIpc) is 2.38. The molecular weight excluding hydrogens is 278 g/mol. The molecule has 0 fully saturated rings. The Morgan fingerprint density at radius 2 is 2.16 bits per heavy atom. The lowest BCUT2D eigenvalue weighted by molar-refractivity contribution is 0.314. The molecule has 0 aliphatic rings. The second kappa shape index (κ2) is 9.51. The van der Waals surface area contributed by atoms with Crippen molar-refractivity contribution in [2.24, 2.45) is 0 Å². The van der Waals surface area contributed by atoms with Crippen LogP contribution in [0.1, 0.15) is 32.8 Å². The Morgan fingerprint density at radius 1 is 1.37 bits per heavy atom. The molecule has 0 aliphatic heterocycles. The van der Waals surface area contributed by atoms with E-state index in [1.54, 1.807) is 0 Å². The summed E-state index contributed by atoms with van der Waals surface area (Å²) in [6, 6.07) is 6.28. The van der Waals surface area contributed by atoms with Gasteiger partial charge in [-0.05, 0) is 36.1 Å². The first-order valence-corrected chi connectivity index (χ1v) is 8.39. The van der Waals surface area contributed by atoms with Gasteiger partial charge in [0.1, 0.15) is 5.75 Å². The smallest absolute Gasteiger partial charge is 0.123 e. The molecule has 0 amide bonds. The Kier molecular flexibility index (Phi) is 8.35. The molecule has 0 aromatic heterocycles. The third-order valence-corrected chi connectivity index (χ3v) is 3.84. The van der Waals surface area contributed by atoms with Crippen LogP contribution in [-0.2, 0) is 6.54 Å². The molecule has 1 N–H and O–H groups in total. The van der Waals surface area contributed by atoms with E-state index in [1.807, 2.05) is 30.0 Å². The fraction of sp³-hybridized carbons (Fsp3) is 0.600. The maximum absolute atomic E-state index is 6.05. The van der Waals surface area contributed by atoms with E-state index in [-0.39, 0.29) is 0 Å². The summed E-state index contributed by atoms with van der Waals surface area (Å²) < 4.78 is 5.86. The number of hydrogen-bond acceptors (Lipinski definition) is 3. The first-order valence-electron chi connectivity index (χ1n) is 6.85. The van der Waals surface area contributed by atoms with Gasteiger partial charge < -0.3 is 10.1 Å². The van der Waals surface area contributed by atoms with Crippen LogP contribution >= 0.6 is 23.4 Å². The molecule has 1 aromatic carbocycles. The molecule has 0 radical (unpaired) electrons. The van der Waals surface area contributed by atoms with Gasteiger partial charge >= 0.3 is 0 Å². The number of ether oxygens (including phenoxy) is 1. The molecule has 2 nitrogen and oxygen atoms in total. The third-order valence-electron chi connectivity index (χ3n) is 2.62. The van der Waals surface area contributed by atoms with Crippen molar-refractivity contribution in [1.29, 1.82) is 0 Å². The predicted molar refractivity (Wildman–Crippen MR) is 86.5 cm³/mol. The van der Waals surface area contributed by atoms with Gasteiger partial charge in [0, 0.05) is 23.2 Å². The fourth-order valence-electron chi connectivity index (χ4n) is 1.63. The van der Waals surface area contributed by atoms with Crippen molar-refractivity contribution in [3.63, 3.8) is 0 Å². The molecular formula is C15H24ClNOS. The molecule has 0 bridgehead atoms. The summed E-state index contributed by atoms with van der Waals surface area (Å²) in [6.07, 6.45) is 1.08. The zero-order chi connectivity index (χ0) is 14.1. The lowest BCUT2D eigenvalue weighted by Crippen LogP contribution is -2.22.